The van der Waals surface area contributed by atoms with Gasteiger partial charge in [0.05, 0.1) is 11.6 Å². The Balaban J connectivity index is 2.33. The summed E-state index contributed by atoms with van der Waals surface area (Å²) in [6.07, 6.45) is 1.35. The van der Waals surface area contributed by atoms with Crippen LogP contribution in [-0.4, -0.2) is 34.1 Å². The predicted molar refractivity (Wildman–Crippen MR) is 92.0 cm³/mol. The van der Waals surface area contributed by atoms with E-state index in [-0.39, 0.29) is 16.7 Å². The molecule has 0 saturated carbocycles. The van der Waals surface area contributed by atoms with Crippen LogP contribution in [0.4, 0.5) is 5.82 Å². The molecule has 5 heteroatoms. The van der Waals surface area contributed by atoms with E-state index in [1.807, 2.05) is 0 Å². The molecule has 2 rings (SSSR count). The lowest BCUT2D eigenvalue weighted by Crippen LogP contribution is -2.37. The fourth-order valence-corrected chi connectivity index (χ4v) is 2.67. The molecule has 0 spiro atoms. The van der Waals surface area contributed by atoms with Gasteiger partial charge in [-0.05, 0) is 12.8 Å². The Morgan fingerprint density at radius 3 is 2.09 bits per heavy atom. The summed E-state index contributed by atoms with van der Waals surface area (Å²) in [4.78, 5) is 22.9. The van der Waals surface area contributed by atoms with Gasteiger partial charge in [-0.3, -0.25) is 4.79 Å². The second kappa shape index (κ2) is 6.10. The summed E-state index contributed by atoms with van der Waals surface area (Å²) in [6, 6.07) is 2.07. The van der Waals surface area contributed by atoms with Crippen LogP contribution in [0.25, 0.3) is 0 Å². The normalized spacial score (nSPS) is 17.4. The molecule has 5 nitrogen and oxygen atoms in total. The van der Waals surface area contributed by atoms with Crippen LogP contribution < -0.4 is 4.90 Å². The maximum Gasteiger partial charge on any atom is 0.306 e. The minimum atomic E-state index is -0.682. The molecule has 0 aromatic carbocycles. The van der Waals surface area contributed by atoms with E-state index in [4.69, 9.17) is 15.1 Å². The first-order valence-corrected chi connectivity index (χ1v) is 8.36. The summed E-state index contributed by atoms with van der Waals surface area (Å²) in [7, 11) is 0. The largest absolute Gasteiger partial charge is 0.481 e. The van der Waals surface area contributed by atoms with Crippen molar-refractivity contribution in [1.29, 1.82) is 0 Å². The minimum Gasteiger partial charge on any atom is -0.481 e. The van der Waals surface area contributed by atoms with Crippen LogP contribution in [0.15, 0.2) is 6.07 Å². The SMILES string of the molecule is CC(C)(C)c1cc(N2CCC(C(=O)O)CC2)nc(C(C)(C)C)n1. The summed E-state index contributed by atoms with van der Waals surface area (Å²) in [5, 5.41) is 9.15. The van der Waals surface area contributed by atoms with E-state index in [0.29, 0.717) is 12.8 Å². The number of hydrogen-bond acceptors (Lipinski definition) is 4. The summed E-state index contributed by atoms with van der Waals surface area (Å²) >= 11 is 0. The van der Waals surface area contributed by atoms with Crippen molar-refractivity contribution in [3.63, 3.8) is 0 Å². The first kappa shape index (κ1) is 17.7. The minimum absolute atomic E-state index is 0.0446. The number of aliphatic carboxylic acids is 1. The lowest BCUT2D eigenvalue weighted by Gasteiger charge is -2.33. The number of aromatic nitrogens is 2. The maximum atomic E-state index is 11.1. The van der Waals surface area contributed by atoms with Crippen LogP contribution in [-0.2, 0) is 15.6 Å². The van der Waals surface area contributed by atoms with Gasteiger partial charge in [-0.2, -0.15) is 0 Å². The van der Waals surface area contributed by atoms with Crippen LogP contribution in [0.1, 0.15) is 65.9 Å². The second-order valence-corrected chi connectivity index (χ2v) is 8.53. The van der Waals surface area contributed by atoms with Crippen molar-refractivity contribution in [3.05, 3.63) is 17.6 Å². The van der Waals surface area contributed by atoms with E-state index in [1.165, 1.54) is 0 Å². The van der Waals surface area contributed by atoms with Crippen molar-refractivity contribution in [1.82, 2.24) is 9.97 Å². The van der Waals surface area contributed by atoms with Crippen molar-refractivity contribution in [2.24, 2.45) is 5.92 Å². The van der Waals surface area contributed by atoms with Gasteiger partial charge in [0.15, 0.2) is 0 Å². The third kappa shape index (κ3) is 4.21. The molecule has 0 atom stereocenters. The van der Waals surface area contributed by atoms with Crippen LogP contribution >= 0.6 is 0 Å². The van der Waals surface area contributed by atoms with Gasteiger partial charge < -0.3 is 10.0 Å². The number of hydrogen-bond donors (Lipinski definition) is 1. The lowest BCUT2D eigenvalue weighted by atomic mass is 9.90. The van der Waals surface area contributed by atoms with Gasteiger partial charge in [0.2, 0.25) is 0 Å². The van der Waals surface area contributed by atoms with Crippen LogP contribution in [0.2, 0.25) is 0 Å². The standard InChI is InChI=1S/C18H29N3O2/c1-17(2,3)13-11-14(20-16(19-13)18(4,5)6)21-9-7-12(8-10-21)15(22)23/h11-12H,7-10H2,1-6H3,(H,22,23). The second-order valence-electron chi connectivity index (χ2n) is 8.53. The number of carbonyl (C=O) groups is 1. The van der Waals surface area contributed by atoms with Crippen molar-refractivity contribution < 1.29 is 9.90 Å². The molecule has 1 aliphatic heterocycles. The van der Waals surface area contributed by atoms with Gasteiger partial charge in [-0.25, -0.2) is 9.97 Å². The maximum absolute atomic E-state index is 11.1. The fraction of sp³-hybridized carbons (Fsp3) is 0.722. The highest BCUT2D eigenvalue weighted by molar-refractivity contribution is 5.70. The van der Waals surface area contributed by atoms with E-state index in [9.17, 15) is 4.79 Å². The monoisotopic (exact) mass is 319 g/mol. The van der Waals surface area contributed by atoms with Gasteiger partial charge in [-0.1, -0.05) is 41.5 Å². The average molecular weight is 319 g/mol. The van der Waals surface area contributed by atoms with E-state index >= 15 is 0 Å². The van der Waals surface area contributed by atoms with Crippen molar-refractivity contribution in [2.75, 3.05) is 18.0 Å². The van der Waals surface area contributed by atoms with Crippen molar-refractivity contribution >= 4 is 11.8 Å². The first-order valence-electron chi connectivity index (χ1n) is 8.36. The predicted octanol–water partition coefficient (Wildman–Crippen LogP) is 3.37. The van der Waals surface area contributed by atoms with E-state index in [2.05, 4.69) is 52.5 Å². The number of carboxylic acids is 1. The van der Waals surface area contributed by atoms with Crippen LogP contribution in [0, 0.1) is 5.92 Å². The smallest absolute Gasteiger partial charge is 0.306 e. The first-order chi connectivity index (χ1) is 10.5. The molecule has 23 heavy (non-hydrogen) atoms. The molecule has 128 valence electrons. The number of piperidine rings is 1. The molecule has 1 saturated heterocycles. The van der Waals surface area contributed by atoms with Gasteiger partial charge in [0.25, 0.3) is 0 Å². The number of nitrogens with zero attached hydrogens (tertiary/aromatic N) is 3. The molecular formula is C18H29N3O2. The molecule has 2 heterocycles. The zero-order valence-electron chi connectivity index (χ0n) is 15.2. The third-order valence-corrected chi connectivity index (χ3v) is 4.32. The topological polar surface area (TPSA) is 66.3 Å². The van der Waals surface area contributed by atoms with Gasteiger partial charge in [0, 0.05) is 30.0 Å². The van der Waals surface area contributed by atoms with Gasteiger partial charge >= 0.3 is 5.97 Å². The molecule has 1 aliphatic rings. The Bertz CT molecular complexity index is 545. The summed E-state index contributed by atoms with van der Waals surface area (Å²) in [5.74, 6) is 0.870. The summed E-state index contributed by atoms with van der Waals surface area (Å²) < 4.78 is 0. The highest BCUT2D eigenvalue weighted by Crippen LogP contribution is 2.30. The van der Waals surface area contributed by atoms with Gasteiger partial charge in [-0.15, -0.1) is 0 Å². The number of anilines is 1. The highest BCUT2D eigenvalue weighted by atomic mass is 16.4. The Morgan fingerprint density at radius 1 is 1.09 bits per heavy atom. The molecule has 1 N–H and O–H groups in total. The van der Waals surface area contributed by atoms with E-state index in [1.54, 1.807) is 0 Å². The third-order valence-electron chi connectivity index (χ3n) is 4.32. The molecule has 0 aliphatic carbocycles. The molecular weight excluding hydrogens is 290 g/mol. The molecule has 0 bridgehead atoms. The number of rotatable bonds is 2. The Kier molecular flexibility index (Phi) is 4.69. The highest BCUT2D eigenvalue weighted by Gasteiger charge is 2.28. The zero-order chi connectivity index (χ0) is 17.4. The van der Waals surface area contributed by atoms with E-state index in [0.717, 1.165) is 30.4 Å². The summed E-state index contributed by atoms with van der Waals surface area (Å²) in [5.41, 5.74) is 0.875. The Morgan fingerprint density at radius 2 is 1.65 bits per heavy atom. The Labute approximate surface area is 139 Å². The molecule has 0 amide bonds. The molecule has 1 aromatic rings. The summed E-state index contributed by atoms with van der Waals surface area (Å²) in [6.45, 7) is 14.3. The number of carboxylic acid groups (broad SMARTS) is 1. The molecule has 0 unspecified atom stereocenters. The van der Waals surface area contributed by atoms with Crippen molar-refractivity contribution in [3.8, 4) is 0 Å². The van der Waals surface area contributed by atoms with Crippen molar-refractivity contribution in [2.45, 2.75) is 65.2 Å². The van der Waals surface area contributed by atoms with Crippen LogP contribution in [0.5, 0.6) is 0 Å². The molecule has 0 radical (unpaired) electrons. The average Bonchev–Trinajstić information content (AvgIpc) is 2.45. The van der Waals surface area contributed by atoms with Gasteiger partial charge in [0.1, 0.15) is 11.6 Å². The van der Waals surface area contributed by atoms with Crippen LogP contribution in [0.3, 0.4) is 0 Å². The lowest BCUT2D eigenvalue weighted by molar-refractivity contribution is -0.142. The fourth-order valence-electron chi connectivity index (χ4n) is 2.67. The quantitative estimate of drug-likeness (QED) is 0.905. The Hall–Kier alpha value is -1.65. The zero-order valence-corrected chi connectivity index (χ0v) is 15.2. The molecule has 1 fully saturated rings. The molecule has 1 aromatic heterocycles. The van der Waals surface area contributed by atoms with E-state index < -0.39 is 5.97 Å².